The number of nitro benzene ring substituents is 1. The van der Waals surface area contributed by atoms with Crippen LogP contribution in [0.3, 0.4) is 0 Å². The molecule has 7 heteroatoms. The molecule has 0 radical (unpaired) electrons. The van der Waals surface area contributed by atoms with Crippen molar-refractivity contribution in [1.29, 1.82) is 0 Å². The summed E-state index contributed by atoms with van der Waals surface area (Å²) < 4.78 is 0. The molecule has 0 saturated carbocycles. The second-order valence-corrected chi connectivity index (χ2v) is 4.62. The molecule has 1 rings (SSSR count). The number of nitrogens with zero attached hydrogens (tertiary/aromatic N) is 1. The summed E-state index contributed by atoms with van der Waals surface area (Å²) in [5.41, 5.74) is 0.952. The zero-order chi connectivity index (χ0) is 15.7. The predicted molar refractivity (Wildman–Crippen MR) is 75.9 cm³/mol. The Balaban J connectivity index is 2.19. The number of rotatable bonds is 9. The van der Waals surface area contributed by atoms with Crippen molar-refractivity contribution in [2.24, 2.45) is 0 Å². The van der Waals surface area contributed by atoms with Gasteiger partial charge in [0.15, 0.2) is 0 Å². The largest absolute Gasteiger partial charge is 0.481 e. The number of carbonyl (C=O) groups excluding carboxylic acids is 1. The molecule has 0 aromatic heterocycles. The van der Waals surface area contributed by atoms with Gasteiger partial charge in [-0.25, -0.2) is 0 Å². The third kappa shape index (κ3) is 7.05. The van der Waals surface area contributed by atoms with Crippen molar-refractivity contribution in [3.8, 4) is 0 Å². The average molecular weight is 294 g/mol. The van der Waals surface area contributed by atoms with Crippen LogP contribution in [-0.2, 0) is 16.0 Å². The fraction of sp³-hybridized carbons (Fsp3) is 0.429. The van der Waals surface area contributed by atoms with Gasteiger partial charge in [-0.1, -0.05) is 12.1 Å². The van der Waals surface area contributed by atoms with Crippen molar-refractivity contribution in [3.63, 3.8) is 0 Å². The number of aliphatic carboxylic acids is 1. The fourth-order valence-corrected chi connectivity index (χ4v) is 1.78. The van der Waals surface area contributed by atoms with Gasteiger partial charge in [0, 0.05) is 31.5 Å². The number of unbranched alkanes of at least 4 members (excludes halogenated alkanes) is 1. The molecular formula is C14H18N2O5. The number of non-ortho nitro benzene ring substituents is 1. The molecule has 1 aromatic rings. The quantitative estimate of drug-likeness (QED) is 0.410. The number of hydrogen-bond acceptors (Lipinski definition) is 4. The molecule has 0 aliphatic rings. The highest BCUT2D eigenvalue weighted by molar-refractivity contribution is 5.75. The Hall–Kier alpha value is -2.44. The Bertz CT molecular complexity index is 499. The number of carbonyl (C=O) groups is 2. The monoisotopic (exact) mass is 294 g/mol. The van der Waals surface area contributed by atoms with Crippen LogP contribution >= 0.6 is 0 Å². The molecule has 0 heterocycles. The zero-order valence-electron chi connectivity index (χ0n) is 11.6. The molecule has 114 valence electrons. The molecule has 0 atom stereocenters. The highest BCUT2D eigenvalue weighted by Gasteiger charge is 2.05. The van der Waals surface area contributed by atoms with Crippen molar-refractivity contribution in [2.45, 2.75) is 32.1 Å². The van der Waals surface area contributed by atoms with Gasteiger partial charge in [-0.3, -0.25) is 19.7 Å². The first kappa shape index (κ1) is 16.6. The Kier molecular flexibility index (Phi) is 6.86. The van der Waals surface area contributed by atoms with Gasteiger partial charge in [0.05, 0.1) is 4.92 Å². The van der Waals surface area contributed by atoms with Gasteiger partial charge in [0.1, 0.15) is 0 Å². The van der Waals surface area contributed by atoms with Crippen LogP contribution in [0.25, 0.3) is 0 Å². The minimum absolute atomic E-state index is 0.0428. The van der Waals surface area contributed by atoms with E-state index in [1.807, 2.05) is 0 Å². The number of nitro groups is 1. The SMILES string of the molecule is O=C(O)CCCCC(=O)NCCc1ccc([N+](=O)[O-])cc1. The lowest BCUT2D eigenvalue weighted by Gasteiger charge is -2.05. The second-order valence-electron chi connectivity index (χ2n) is 4.62. The summed E-state index contributed by atoms with van der Waals surface area (Å²) in [6, 6.07) is 6.19. The van der Waals surface area contributed by atoms with Crippen LogP contribution in [-0.4, -0.2) is 28.5 Å². The van der Waals surface area contributed by atoms with E-state index in [1.54, 1.807) is 12.1 Å². The first-order valence-electron chi connectivity index (χ1n) is 6.71. The third-order valence-electron chi connectivity index (χ3n) is 2.93. The highest BCUT2D eigenvalue weighted by Crippen LogP contribution is 2.11. The van der Waals surface area contributed by atoms with Crippen molar-refractivity contribution in [3.05, 3.63) is 39.9 Å². The smallest absolute Gasteiger partial charge is 0.303 e. The lowest BCUT2D eigenvalue weighted by atomic mass is 10.1. The van der Waals surface area contributed by atoms with E-state index in [0.717, 1.165) is 5.56 Å². The van der Waals surface area contributed by atoms with Crippen molar-refractivity contribution >= 4 is 17.6 Å². The van der Waals surface area contributed by atoms with E-state index < -0.39 is 10.9 Å². The van der Waals surface area contributed by atoms with Crippen LogP contribution < -0.4 is 5.32 Å². The van der Waals surface area contributed by atoms with E-state index in [0.29, 0.717) is 32.2 Å². The maximum Gasteiger partial charge on any atom is 0.303 e. The topological polar surface area (TPSA) is 110 Å². The second kappa shape index (κ2) is 8.68. The average Bonchev–Trinajstić information content (AvgIpc) is 2.44. The van der Waals surface area contributed by atoms with Crippen molar-refractivity contribution in [1.82, 2.24) is 5.32 Å². The first-order valence-corrected chi connectivity index (χ1v) is 6.71. The van der Waals surface area contributed by atoms with Crippen LogP contribution in [0.1, 0.15) is 31.2 Å². The number of carboxylic acid groups (broad SMARTS) is 1. The summed E-state index contributed by atoms with van der Waals surface area (Å²) in [5, 5.41) is 21.7. The Morgan fingerprint density at radius 2 is 1.76 bits per heavy atom. The van der Waals surface area contributed by atoms with E-state index in [4.69, 9.17) is 5.11 Å². The molecule has 0 unspecified atom stereocenters. The Labute approximate surface area is 122 Å². The first-order chi connectivity index (χ1) is 9.99. The third-order valence-corrected chi connectivity index (χ3v) is 2.93. The molecule has 0 fully saturated rings. The van der Waals surface area contributed by atoms with Gasteiger partial charge in [-0.15, -0.1) is 0 Å². The van der Waals surface area contributed by atoms with E-state index in [1.165, 1.54) is 12.1 Å². The highest BCUT2D eigenvalue weighted by atomic mass is 16.6. The Morgan fingerprint density at radius 3 is 2.33 bits per heavy atom. The van der Waals surface area contributed by atoms with E-state index in [-0.39, 0.29) is 18.0 Å². The summed E-state index contributed by atoms with van der Waals surface area (Å²) in [6.07, 6.45) is 2.03. The summed E-state index contributed by atoms with van der Waals surface area (Å²) >= 11 is 0. The number of amides is 1. The lowest BCUT2D eigenvalue weighted by molar-refractivity contribution is -0.384. The van der Waals surface area contributed by atoms with Crippen LogP contribution in [0.2, 0.25) is 0 Å². The van der Waals surface area contributed by atoms with Crippen LogP contribution in [0.5, 0.6) is 0 Å². The standard InChI is InChI=1S/C14H18N2O5/c17-13(3-1-2-4-14(18)19)15-10-9-11-5-7-12(8-6-11)16(20)21/h5-8H,1-4,9-10H2,(H,15,17)(H,18,19). The van der Waals surface area contributed by atoms with E-state index in [9.17, 15) is 19.7 Å². The summed E-state index contributed by atoms with van der Waals surface area (Å²) in [7, 11) is 0. The summed E-state index contributed by atoms with van der Waals surface area (Å²) in [5.74, 6) is -0.962. The maximum atomic E-state index is 11.5. The number of benzene rings is 1. The molecule has 7 nitrogen and oxygen atoms in total. The molecule has 0 bridgehead atoms. The lowest BCUT2D eigenvalue weighted by Crippen LogP contribution is -2.25. The molecular weight excluding hydrogens is 276 g/mol. The maximum absolute atomic E-state index is 11.5. The molecule has 1 amide bonds. The van der Waals surface area contributed by atoms with E-state index in [2.05, 4.69) is 5.32 Å². The molecule has 1 aromatic carbocycles. The summed E-state index contributed by atoms with van der Waals surface area (Å²) in [4.78, 5) is 31.8. The minimum Gasteiger partial charge on any atom is -0.481 e. The zero-order valence-corrected chi connectivity index (χ0v) is 11.6. The van der Waals surface area contributed by atoms with Gasteiger partial charge in [-0.05, 0) is 24.8 Å². The van der Waals surface area contributed by atoms with Gasteiger partial charge >= 0.3 is 5.97 Å². The van der Waals surface area contributed by atoms with Crippen LogP contribution in [0.4, 0.5) is 5.69 Å². The molecule has 2 N–H and O–H groups in total. The van der Waals surface area contributed by atoms with Gasteiger partial charge in [0.2, 0.25) is 5.91 Å². The van der Waals surface area contributed by atoms with Crippen molar-refractivity contribution < 1.29 is 19.6 Å². The number of carboxylic acids is 1. The number of nitrogens with one attached hydrogen (secondary N) is 1. The molecule has 21 heavy (non-hydrogen) atoms. The van der Waals surface area contributed by atoms with Crippen LogP contribution in [0.15, 0.2) is 24.3 Å². The normalized spacial score (nSPS) is 10.1. The fourth-order valence-electron chi connectivity index (χ4n) is 1.78. The van der Waals surface area contributed by atoms with E-state index >= 15 is 0 Å². The predicted octanol–water partition coefficient (Wildman–Crippen LogP) is 1.90. The summed E-state index contributed by atoms with van der Waals surface area (Å²) in [6.45, 7) is 0.454. The number of hydrogen-bond donors (Lipinski definition) is 2. The van der Waals surface area contributed by atoms with Gasteiger partial charge in [0.25, 0.3) is 5.69 Å². The Morgan fingerprint density at radius 1 is 1.14 bits per heavy atom. The van der Waals surface area contributed by atoms with Gasteiger partial charge < -0.3 is 10.4 Å². The van der Waals surface area contributed by atoms with Crippen molar-refractivity contribution in [2.75, 3.05) is 6.54 Å². The molecule has 0 saturated heterocycles. The molecule has 0 aliphatic heterocycles. The minimum atomic E-state index is -0.853. The van der Waals surface area contributed by atoms with Crippen LogP contribution in [0, 0.1) is 10.1 Å². The van der Waals surface area contributed by atoms with Gasteiger partial charge in [-0.2, -0.15) is 0 Å². The molecule has 0 spiro atoms. The molecule has 0 aliphatic carbocycles.